The van der Waals surface area contributed by atoms with Crippen molar-refractivity contribution in [2.75, 3.05) is 7.05 Å². The Balaban J connectivity index is 2.18. The van der Waals surface area contributed by atoms with Gasteiger partial charge in [-0.25, -0.2) is 0 Å². The lowest BCUT2D eigenvalue weighted by molar-refractivity contribution is 0.438. The van der Waals surface area contributed by atoms with Crippen molar-refractivity contribution in [3.63, 3.8) is 0 Å². The van der Waals surface area contributed by atoms with Gasteiger partial charge in [0.1, 0.15) is 0 Å². The van der Waals surface area contributed by atoms with E-state index < -0.39 is 0 Å². The summed E-state index contributed by atoms with van der Waals surface area (Å²) in [5, 5.41) is 3.48. The summed E-state index contributed by atoms with van der Waals surface area (Å²) in [6.07, 6.45) is 8.77. The van der Waals surface area contributed by atoms with Crippen molar-refractivity contribution >= 4 is 0 Å². The summed E-state index contributed by atoms with van der Waals surface area (Å²) in [5.41, 5.74) is 2.52. The molecule has 1 saturated carbocycles. The van der Waals surface area contributed by atoms with Gasteiger partial charge in [-0.1, -0.05) is 25.3 Å². The maximum atomic E-state index is 4.43. The monoisotopic (exact) mass is 218 g/mol. The molecule has 0 aliphatic heterocycles. The molecule has 88 valence electrons. The Labute approximate surface area is 98.5 Å². The smallest absolute Gasteiger partial charge is 0.0372 e. The lowest BCUT2D eigenvalue weighted by Crippen LogP contribution is -2.31. The summed E-state index contributed by atoms with van der Waals surface area (Å²) in [5.74, 6) is 0.653. The van der Waals surface area contributed by atoms with E-state index in [2.05, 4.69) is 35.7 Å². The highest BCUT2D eigenvalue weighted by atomic mass is 14.9. The molecule has 1 N–H and O–H groups in total. The van der Waals surface area contributed by atoms with Gasteiger partial charge in [0, 0.05) is 23.9 Å². The molecule has 0 spiro atoms. The Kier molecular flexibility index (Phi) is 3.94. The largest absolute Gasteiger partial charge is 0.316 e. The zero-order valence-corrected chi connectivity index (χ0v) is 10.4. The van der Waals surface area contributed by atoms with Gasteiger partial charge in [0.25, 0.3) is 0 Å². The van der Waals surface area contributed by atoms with Crippen LogP contribution in [-0.2, 0) is 0 Å². The molecule has 16 heavy (non-hydrogen) atoms. The topological polar surface area (TPSA) is 24.9 Å². The van der Waals surface area contributed by atoms with Gasteiger partial charge in [0.2, 0.25) is 0 Å². The van der Waals surface area contributed by atoms with Gasteiger partial charge in [-0.05, 0) is 38.4 Å². The van der Waals surface area contributed by atoms with Crippen molar-refractivity contribution in [3.05, 3.63) is 29.6 Å². The second-order valence-electron chi connectivity index (χ2n) is 4.87. The minimum atomic E-state index is 0.631. The average Bonchev–Trinajstić information content (AvgIpc) is 2.55. The maximum absolute atomic E-state index is 4.43. The van der Waals surface area contributed by atoms with Crippen LogP contribution in [0.15, 0.2) is 18.3 Å². The predicted molar refractivity (Wildman–Crippen MR) is 67.6 cm³/mol. The SMILES string of the molecule is CNC1CCCCCC1c1ccc(C)nc1. The molecule has 1 heterocycles. The van der Waals surface area contributed by atoms with Crippen molar-refractivity contribution < 1.29 is 0 Å². The molecule has 0 radical (unpaired) electrons. The van der Waals surface area contributed by atoms with Crippen LogP contribution in [-0.4, -0.2) is 18.1 Å². The molecule has 0 saturated heterocycles. The number of aryl methyl sites for hydroxylation is 1. The first kappa shape index (κ1) is 11.6. The Morgan fingerprint density at radius 1 is 1.19 bits per heavy atom. The third kappa shape index (κ3) is 2.62. The van der Waals surface area contributed by atoms with Crippen molar-refractivity contribution in [1.82, 2.24) is 10.3 Å². The summed E-state index contributed by atoms with van der Waals surface area (Å²) in [6, 6.07) is 5.02. The first-order valence-electron chi connectivity index (χ1n) is 6.41. The molecule has 2 nitrogen and oxygen atoms in total. The van der Waals surface area contributed by atoms with Crippen LogP contribution in [0.5, 0.6) is 0 Å². The second kappa shape index (κ2) is 5.44. The summed E-state index contributed by atoms with van der Waals surface area (Å²) in [6.45, 7) is 2.05. The molecule has 2 heteroatoms. The summed E-state index contributed by atoms with van der Waals surface area (Å²) < 4.78 is 0. The van der Waals surface area contributed by atoms with E-state index in [-0.39, 0.29) is 0 Å². The van der Waals surface area contributed by atoms with Gasteiger partial charge in [0.15, 0.2) is 0 Å². The van der Waals surface area contributed by atoms with Gasteiger partial charge < -0.3 is 5.32 Å². The molecule has 2 unspecified atom stereocenters. The Hall–Kier alpha value is -0.890. The molecule has 2 atom stereocenters. The fourth-order valence-corrected chi connectivity index (χ4v) is 2.75. The number of pyridine rings is 1. The van der Waals surface area contributed by atoms with Gasteiger partial charge in [-0.15, -0.1) is 0 Å². The molecule has 0 bridgehead atoms. The van der Waals surface area contributed by atoms with Crippen LogP contribution in [0.1, 0.15) is 49.3 Å². The number of hydrogen-bond donors (Lipinski definition) is 1. The van der Waals surface area contributed by atoms with E-state index in [0.29, 0.717) is 12.0 Å². The maximum Gasteiger partial charge on any atom is 0.0372 e. The quantitative estimate of drug-likeness (QED) is 0.772. The highest BCUT2D eigenvalue weighted by molar-refractivity contribution is 5.20. The van der Waals surface area contributed by atoms with Crippen LogP contribution in [0.4, 0.5) is 0 Å². The fourth-order valence-electron chi connectivity index (χ4n) is 2.75. The molecule has 0 amide bonds. The van der Waals surface area contributed by atoms with Crippen LogP contribution in [0.2, 0.25) is 0 Å². The molecule has 1 aromatic heterocycles. The first-order chi connectivity index (χ1) is 7.81. The number of rotatable bonds is 2. The van der Waals surface area contributed by atoms with Crippen LogP contribution >= 0.6 is 0 Å². The molecule has 2 rings (SSSR count). The minimum absolute atomic E-state index is 0.631. The predicted octanol–water partition coefficient (Wildman–Crippen LogP) is 3.03. The van der Waals surface area contributed by atoms with E-state index >= 15 is 0 Å². The van der Waals surface area contributed by atoms with Gasteiger partial charge in [-0.2, -0.15) is 0 Å². The molecule has 1 aliphatic carbocycles. The normalized spacial score (nSPS) is 26.4. The Morgan fingerprint density at radius 2 is 2.00 bits per heavy atom. The van der Waals surface area contributed by atoms with Crippen LogP contribution < -0.4 is 5.32 Å². The number of likely N-dealkylation sites (N-methyl/N-ethyl adjacent to an activating group) is 1. The second-order valence-corrected chi connectivity index (χ2v) is 4.87. The molecule has 1 aromatic rings. The van der Waals surface area contributed by atoms with Gasteiger partial charge >= 0.3 is 0 Å². The van der Waals surface area contributed by atoms with E-state index in [1.54, 1.807) is 0 Å². The van der Waals surface area contributed by atoms with E-state index in [4.69, 9.17) is 0 Å². The van der Waals surface area contributed by atoms with Crippen molar-refractivity contribution in [2.24, 2.45) is 0 Å². The van der Waals surface area contributed by atoms with E-state index in [0.717, 1.165) is 5.69 Å². The van der Waals surface area contributed by atoms with E-state index in [9.17, 15) is 0 Å². The Morgan fingerprint density at radius 3 is 2.69 bits per heavy atom. The highest BCUT2D eigenvalue weighted by Gasteiger charge is 2.23. The number of hydrogen-bond acceptors (Lipinski definition) is 2. The fraction of sp³-hybridized carbons (Fsp3) is 0.643. The highest BCUT2D eigenvalue weighted by Crippen LogP contribution is 2.31. The third-order valence-corrected chi connectivity index (χ3v) is 3.75. The average molecular weight is 218 g/mol. The van der Waals surface area contributed by atoms with Crippen LogP contribution in [0.25, 0.3) is 0 Å². The van der Waals surface area contributed by atoms with Crippen molar-refractivity contribution in [1.29, 1.82) is 0 Å². The molecule has 1 fully saturated rings. The molecular weight excluding hydrogens is 196 g/mol. The summed E-state index contributed by atoms with van der Waals surface area (Å²) in [7, 11) is 2.09. The summed E-state index contributed by atoms with van der Waals surface area (Å²) in [4.78, 5) is 4.43. The lowest BCUT2D eigenvalue weighted by atomic mass is 9.88. The van der Waals surface area contributed by atoms with E-state index in [1.165, 1.54) is 37.7 Å². The van der Waals surface area contributed by atoms with Crippen molar-refractivity contribution in [3.8, 4) is 0 Å². The summed E-state index contributed by atoms with van der Waals surface area (Å²) >= 11 is 0. The lowest BCUT2D eigenvalue weighted by Gasteiger charge is -2.24. The number of aromatic nitrogens is 1. The van der Waals surface area contributed by atoms with Gasteiger partial charge in [0.05, 0.1) is 0 Å². The minimum Gasteiger partial charge on any atom is -0.316 e. The van der Waals surface area contributed by atoms with Crippen molar-refractivity contribution in [2.45, 2.75) is 51.0 Å². The van der Waals surface area contributed by atoms with E-state index in [1.807, 2.05) is 6.92 Å². The zero-order chi connectivity index (χ0) is 11.4. The first-order valence-corrected chi connectivity index (χ1v) is 6.41. The number of nitrogens with one attached hydrogen (secondary N) is 1. The zero-order valence-electron chi connectivity index (χ0n) is 10.4. The third-order valence-electron chi connectivity index (χ3n) is 3.75. The van der Waals surface area contributed by atoms with Crippen LogP contribution in [0.3, 0.4) is 0 Å². The molecular formula is C14H22N2. The standard InChI is InChI=1S/C14H22N2/c1-11-8-9-12(10-16-11)13-6-4-3-5-7-14(13)15-2/h8-10,13-15H,3-7H2,1-2H3. The molecule has 0 aromatic carbocycles. The Bertz CT molecular complexity index is 318. The van der Waals surface area contributed by atoms with Gasteiger partial charge in [-0.3, -0.25) is 4.98 Å². The number of nitrogens with zero attached hydrogens (tertiary/aromatic N) is 1. The molecule has 1 aliphatic rings. The van der Waals surface area contributed by atoms with Crippen LogP contribution in [0, 0.1) is 6.92 Å².